The molecule has 1 aromatic heterocycles. The Morgan fingerprint density at radius 3 is 2.44 bits per heavy atom. The van der Waals surface area contributed by atoms with Gasteiger partial charge in [-0.1, -0.05) is 26.8 Å². The summed E-state index contributed by atoms with van der Waals surface area (Å²) in [4.78, 5) is 4.67. The van der Waals surface area contributed by atoms with Gasteiger partial charge in [0.25, 0.3) is 0 Å². The predicted molar refractivity (Wildman–Crippen MR) is 67.0 cm³/mol. The van der Waals surface area contributed by atoms with Gasteiger partial charge in [0.05, 0.1) is 12.6 Å². The number of methoxy groups -OCH3 is 1. The van der Waals surface area contributed by atoms with E-state index in [4.69, 9.17) is 4.74 Å². The summed E-state index contributed by atoms with van der Waals surface area (Å²) in [6, 6.07) is 10.1. The SMILES string of the molecule is COc1ccc2nc(C(C)(C)C)ccc2c1. The second kappa shape index (κ2) is 3.78. The Morgan fingerprint density at radius 1 is 1.06 bits per heavy atom. The molecule has 1 heterocycles. The van der Waals surface area contributed by atoms with Gasteiger partial charge in [-0.3, -0.25) is 4.98 Å². The highest BCUT2D eigenvalue weighted by Gasteiger charge is 2.15. The van der Waals surface area contributed by atoms with E-state index in [0.29, 0.717) is 0 Å². The molecule has 0 aliphatic heterocycles. The number of hydrogen-bond donors (Lipinski definition) is 0. The fourth-order valence-electron chi connectivity index (χ4n) is 1.65. The third kappa shape index (κ3) is 2.01. The third-order valence-electron chi connectivity index (χ3n) is 2.66. The minimum Gasteiger partial charge on any atom is -0.497 e. The molecule has 2 nitrogen and oxygen atoms in total. The monoisotopic (exact) mass is 215 g/mol. The van der Waals surface area contributed by atoms with Crippen LogP contribution in [0.15, 0.2) is 30.3 Å². The van der Waals surface area contributed by atoms with Crippen LogP contribution in [0.1, 0.15) is 26.5 Å². The van der Waals surface area contributed by atoms with Gasteiger partial charge in [0.15, 0.2) is 0 Å². The third-order valence-corrected chi connectivity index (χ3v) is 2.66. The number of ether oxygens (including phenoxy) is 1. The summed E-state index contributed by atoms with van der Waals surface area (Å²) in [5, 5.41) is 1.12. The van der Waals surface area contributed by atoms with E-state index in [2.05, 4.69) is 37.9 Å². The summed E-state index contributed by atoms with van der Waals surface area (Å²) in [5.74, 6) is 0.873. The minimum absolute atomic E-state index is 0.0914. The molecular weight excluding hydrogens is 198 g/mol. The van der Waals surface area contributed by atoms with Crippen molar-refractivity contribution < 1.29 is 4.74 Å². The number of rotatable bonds is 1. The van der Waals surface area contributed by atoms with Gasteiger partial charge in [-0.25, -0.2) is 0 Å². The van der Waals surface area contributed by atoms with Gasteiger partial charge >= 0.3 is 0 Å². The van der Waals surface area contributed by atoms with Crippen molar-refractivity contribution >= 4 is 10.9 Å². The summed E-state index contributed by atoms with van der Waals surface area (Å²) >= 11 is 0. The first kappa shape index (κ1) is 10.9. The van der Waals surface area contributed by atoms with Gasteiger partial charge in [-0.05, 0) is 24.3 Å². The van der Waals surface area contributed by atoms with Crippen LogP contribution >= 0.6 is 0 Å². The Bertz CT molecular complexity index is 512. The Kier molecular flexibility index (Phi) is 2.58. The Morgan fingerprint density at radius 2 is 1.81 bits per heavy atom. The largest absolute Gasteiger partial charge is 0.497 e. The van der Waals surface area contributed by atoms with Gasteiger partial charge in [0, 0.05) is 16.5 Å². The first-order valence-corrected chi connectivity index (χ1v) is 5.46. The average Bonchev–Trinajstić information content (AvgIpc) is 2.26. The van der Waals surface area contributed by atoms with Crippen LogP contribution in [0.25, 0.3) is 10.9 Å². The number of fused-ring (bicyclic) bond motifs is 1. The number of benzene rings is 1. The normalized spacial score (nSPS) is 11.8. The lowest BCUT2D eigenvalue weighted by Gasteiger charge is -2.18. The van der Waals surface area contributed by atoms with E-state index >= 15 is 0 Å². The van der Waals surface area contributed by atoms with Crippen molar-refractivity contribution in [3.8, 4) is 5.75 Å². The molecule has 0 aliphatic carbocycles. The van der Waals surface area contributed by atoms with Crippen LogP contribution in [0.3, 0.4) is 0 Å². The second-order valence-electron chi connectivity index (χ2n) is 5.01. The van der Waals surface area contributed by atoms with Crippen LogP contribution in [-0.2, 0) is 5.41 Å². The minimum atomic E-state index is 0.0914. The molecule has 2 aromatic rings. The van der Waals surface area contributed by atoms with E-state index < -0.39 is 0 Å². The zero-order valence-corrected chi connectivity index (χ0v) is 10.2. The van der Waals surface area contributed by atoms with Crippen LogP contribution in [0.5, 0.6) is 5.75 Å². The first-order chi connectivity index (χ1) is 7.50. The van der Waals surface area contributed by atoms with Gasteiger partial charge in [0.2, 0.25) is 0 Å². The Balaban J connectivity index is 2.56. The van der Waals surface area contributed by atoms with Crippen molar-refractivity contribution in [2.45, 2.75) is 26.2 Å². The lowest BCUT2D eigenvalue weighted by molar-refractivity contribution is 0.415. The average molecular weight is 215 g/mol. The lowest BCUT2D eigenvalue weighted by atomic mass is 9.91. The highest BCUT2D eigenvalue weighted by atomic mass is 16.5. The number of hydrogen-bond acceptors (Lipinski definition) is 2. The molecule has 0 amide bonds. The maximum Gasteiger partial charge on any atom is 0.119 e. The molecule has 0 fully saturated rings. The van der Waals surface area contributed by atoms with Crippen LogP contribution in [-0.4, -0.2) is 12.1 Å². The van der Waals surface area contributed by atoms with Crippen LogP contribution in [0.4, 0.5) is 0 Å². The van der Waals surface area contributed by atoms with Crippen LogP contribution in [0.2, 0.25) is 0 Å². The highest BCUT2D eigenvalue weighted by molar-refractivity contribution is 5.80. The van der Waals surface area contributed by atoms with Crippen LogP contribution in [0, 0.1) is 0 Å². The predicted octanol–water partition coefficient (Wildman–Crippen LogP) is 3.54. The molecule has 0 N–H and O–H groups in total. The molecule has 16 heavy (non-hydrogen) atoms. The summed E-state index contributed by atoms with van der Waals surface area (Å²) in [6.45, 7) is 6.51. The maximum atomic E-state index is 5.19. The number of aromatic nitrogens is 1. The van der Waals surface area contributed by atoms with E-state index in [0.717, 1.165) is 22.3 Å². The topological polar surface area (TPSA) is 22.1 Å². The molecule has 2 rings (SSSR count). The van der Waals surface area contributed by atoms with E-state index in [1.54, 1.807) is 7.11 Å². The van der Waals surface area contributed by atoms with E-state index in [9.17, 15) is 0 Å². The molecular formula is C14H17NO. The van der Waals surface area contributed by atoms with Gasteiger partial charge < -0.3 is 4.74 Å². The molecule has 0 unspecified atom stereocenters. The zero-order chi connectivity index (χ0) is 11.8. The Hall–Kier alpha value is -1.57. The summed E-state index contributed by atoms with van der Waals surface area (Å²) in [7, 11) is 1.68. The van der Waals surface area contributed by atoms with Crippen molar-refractivity contribution in [1.29, 1.82) is 0 Å². The summed E-state index contributed by atoms with van der Waals surface area (Å²) in [5.41, 5.74) is 2.23. The van der Waals surface area contributed by atoms with Crippen molar-refractivity contribution in [3.63, 3.8) is 0 Å². The van der Waals surface area contributed by atoms with E-state index in [1.807, 2.05) is 18.2 Å². The molecule has 0 spiro atoms. The maximum absolute atomic E-state index is 5.19. The fourth-order valence-corrected chi connectivity index (χ4v) is 1.65. The van der Waals surface area contributed by atoms with Gasteiger partial charge in [0.1, 0.15) is 5.75 Å². The second-order valence-corrected chi connectivity index (χ2v) is 5.01. The molecule has 0 bridgehead atoms. The van der Waals surface area contributed by atoms with E-state index in [1.165, 1.54) is 0 Å². The smallest absolute Gasteiger partial charge is 0.119 e. The van der Waals surface area contributed by atoms with E-state index in [-0.39, 0.29) is 5.41 Å². The zero-order valence-electron chi connectivity index (χ0n) is 10.2. The molecule has 1 aromatic carbocycles. The fraction of sp³-hybridized carbons (Fsp3) is 0.357. The van der Waals surface area contributed by atoms with Crippen molar-refractivity contribution in [1.82, 2.24) is 4.98 Å². The van der Waals surface area contributed by atoms with Crippen molar-refractivity contribution in [2.75, 3.05) is 7.11 Å². The molecule has 0 saturated carbocycles. The first-order valence-electron chi connectivity index (χ1n) is 5.46. The highest BCUT2D eigenvalue weighted by Crippen LogP contribution is 2.24. The molecule has 84 valence electrons. The lowest BCUT2D eigenvalue weighted by Crippen LogP contribution is -2.13. The Labute approximate surface area is 96.3 Å². The van der Waals surface area contributed by atoms with Crippen molar-refractivity contribution in [3.05, 3.63) is 36.0 Å². The quantitative estimate of drug-likeness (QED) is 0.726. The standard InChI is InChI=1S/C14H17NO/c1-14(2,3)13-8-5-10-9-11(16-4)6-7-12(10)15-13/h5-9H,1-4H3. The van der Waals surface area contributed by atoms with Crippen molar-refractivity contribution in [2.24, 2.45) is 0 Å². The van der Waals surface area contributed by atoms with Gasteiger partial charge in [-0.2, -0.15) is 0 Å². The van der Waals surface area contributed by atoms with Crippen LogP contribution < -0.4 is 4.74 Å². The number of pyridine rings is 1. The number of nitrogens with zero attached hydrogens (tertiary/aromatic N) is 1. The molecule has 0 aliphatic rings. The van der Waals surface area contributed by atoms with Gasteiger partial charge in [-0.15, -0.1) is 0 Å². The molecule has 0 radical (unpaired) electrons. The molecule has 0 atom stereocenters. The summed E-state index contributed by atoms with van der Waals surface area (Å²) in [6.07, 6.45) is 0. The summed E-state index contributed by atoms with van der Waals surface area (Å²) < 4.78 is 5.19. The molecule has 2 heteroatoms. The molecule has 0 saturated heterocycles.